The number of benzene rings is 1. The highest BCUT2D eigenvalue weighted by Gasteiger charge is 2.29. The van der Waals surface area contributed by atoms with Crippen molar-refractivity contribution in [3.8, 4) is 17.1 Å². The van der Waals surface area contributed by atoms with Gasteiger partial charge in [-0.15, -0.1) is 0 Å². The predicted octanol–water partition coefficient (Wildman–Crippen LogP) is 2.09. The number of anilines is 1. The van der Waals surface area contributed by atoms with Crippen molar-refractivity contribution in [1.82, 2.24) is 9.97 Å². The molecule has 2 aliphatic heterocycles. The number of morpholine rings is 1. The summed E-state index contributed by atoms with van der Waals surface area (Å²) in [6.07, 6.45) is 1.20. The van der Waals surface area contributed by atoms with E-state index in [0.29, 0.717) is 67.5 Å². The number of hydrogen-bond donors (Lipinski definition) is 0. The van der Waals surface area contributed by atoms with E-state index in [1.54, 1.807) is 13.2 Å². The Kier molecular flexibility index (Phi) is 6.09. The molecule has 2 aromatic rings. The van der Waals surface area contributed by atoms with Gasteiger partial charge >= 0.3 is 0 Å². The fourth-order valence-electron chi connectivity index (χ4n) is 3.65. The molecule has 1 aromatic heterocycles. The van der Waals surface area contributed by atoms with Crippen LogP contribution in [0.2, 0.25) is 0 Å². The van der Waals surface area contributed by atoms with Crippen molar-refractivity contribution in [2.24, 2.45) is 4.99 Å². The van der Waals surface area contributed by atoms with E-state index in [2.05, 4.69) is 14.9 Å². The maximum atomic E-state index is 12.0. The van der Waals surface area contributed by atoms with Crippen LogP contribution in [0.25, 0.3) is 11.4 Å². The van der Waals surface area contributed by atoms with Gasteiger partial charge in [0, 0.05) is 31.0 Å². The number of nitrogens with zero attached hydrogens (tertiary/aromatic N) is 4. The quantitative estimate of drug-likeness (QED) is 0.646. The van der Waals surface area contributed by atoms with Crippen LogP contribution in [-0.4, -0.2) is 76.1 Å². The Hall–Kier alpha value is -2.72. The molecule has 172 valence electrons. The zero-order chi connectivity index (χ0) is 22.9. The van der Waals surface area contributed by atoms with Gasteiger partial charge in [0.2, 0.25) is 5.90 Å². The first-order valence-electron chi connectivity index (χ1n) is 10.4. The van der Waals surface area contributed by atoms with Gasteiger partial charge in [0.15, 0.2) is 15.7 Å². The van der Waals surface area contributed by atoms with Crippen molar-refractivity contribution >= 4 is 21.6 Å². The number of methoxy groups -OCH3 is 1. The molecule has 1 saturated heterocycles. The van der Waals surface area contributed by atoms with Crippen LogP contribution in [0.1, 0.15) is 25.1 Å². The van der Waals surface area contributed by atoms with Crippen LogP contribution < -0.4 is 9.64 Å². The van der Waals surface area contributed by atoms with Crippen molar-refractivity contribution in [2.75, 3.05) is 51.2 Å². The SMILES string of the molecule is COc1ccc(-c2nc(CS(C)(=O)=O)cc(N3CCOCC3)n2)cc1C1=NC(C)(C)CO1. The lowest BCUT2D eigenvalue weighted by Gasteiger charge is -2.28. The van der Waals surface area contributed by atoms with Gasteiger partial charge in [-0.3, -0.25) is 0 Å². The summed E-state index contributed by atoms with van der Waals surface area (Å²) in [6, 6.07) is 7.29. The number of hydrogen-bond acceptors (Lipinski definition) is 9. The van der Waals surface area contributed by atoms with Gasteiger partial charge in [0.1, 0.15) is 18.2 Å². The molecule has 0 atom stereocenters. The zero-order valence-corrected chi connectivity index (χ0v) is 19.6. The van der Waals surface area contributed by atoms with E-state index in [9.17, 15) is 8.42 Å². The van der Waals surface area contributed by atoms with E-state index in [1.165, 1.54) is 6.26 Å². The maximum absolute atomic E-state index is 12.0. The first kappa shape index (κ1) is 22.5. The molecule has 0 saturated carbocycles. The third kappa shape index (κ3) is 5.18. The summed E-state index contributed by atoms with van der Waals surface area (Å²) in [7, 11) is -1.66. The Morgan fingerprint density at radius 3 is 2.53 bits per heavy atom. The molecule has 4 rings (SSSR count). The number of rotatable bonds is 6. The standard InChI is InChI=1S/C22H28N4O5S/c1-22(2)14-31-21(25-22)17-11-15(5-6-18(17)29-3)20-23-16(13-32(4,27)28)12-19(24-20)26-7-9-30-10-8-26/h5-6,11-12H,7-10,13-14H2,1-4H3. The summed E-state index contributed by atoms with van der Waals surface area (Å²) >= 11 is 0. The molecule has 0 bridgehead atoms. The van der Waals surface area contributed by atoms with Gasteiger partial charge in [-0.1, -0.05) is 0 Å². The second-order valence-electron chi connectivity index (χ2n) is 8.64. The molecular weight excluding hydrogens is 432 g/mol. The number of ether oxygens (including phenoxy) is 3. The highest BCUT2D eigenvalue weighted by atomic mass is 32.2. The topological polar surface area (TPSA) is 103 Å². The summed E-state index contributed by atoms with van der Waals surface area (Å²) in [6.45, 7) is 7.05. The van der Waals surface area contributed by atoms with Crippen LogP contribution in [0.4, 0.5) is 5.82 Å². The minimum Gasteiger partial charge on any atom is -0.496 e. The van der Waals surface area contributed by atoms with Gasteiger partial charge in [0.05, 0.1) is 42.9 Å². The lowest BCUT2D eigenvalue weighted by Crippen LogP contribution is -2.37. The van der Waals surface area contributed by atoms with Gasteiger partial charge in [-0.05, 0) is 32.0 Å². The molecule has 32 heavy (non-hydrogen) atoms. The molecular formula is C22H28N4O5S. The summed E-state index contributed by atoms with van der Waals surface area (Å²) in [5.41, 5.74) is 1.57. The Morgan fingerprint density at radius 1 is 1.16 bits per heavy atom. The lowest BCUT2D eigenvalue weighted by molar-refractivity contribution is 0.122. The van der Waals surface area contributed by atoms with Crippen molar-refractivity contribution in [1.29, 1.82) is 0 Å². The third-order valence-corrected chi connectivity index (χ3v) is 5.99. The minimum atomic E-state index is -3.26. The molecule has 0 aliphatic carbocycles. The van der Waals surface area contributed by atoms with E-state index in [4.69, 9.17) is 19.2 Å². The largest absolute Gasteiger partial charge is 0.496 e. The second-order valence-corrected chi connectivity index (χ2v) is 10.8. The summed E-state index contributed by atoms with van der Waals surface area (Å²) < 4.78 is 40.7. The Bertz CT molecular complexity index is 1140. The molecule has 0 radical (unpaired) electrons. The number of sulfone groups is 1. The van der Waals surface area contributed by atoms with Crippen molar-refractivity contribution < 1.29 is 22.6 Å². The first-order chi connectivity index (χ1) is 15.1. The lowest BCUT2D eigenvalue weighted by atomic mass is 10.1. The summed E-state index contributed by atoms with van der Waals surface area (Å²) in [4.78, 5) is 16.1. The van der Waals surface area contributed by atoms with E-state index >= 15 is 0 Å². The van der Waals surface area contributed by atoms with Gasteiger partial charge in [-0.25, -0.2) is 23.4 Å². The third-order valence-electron chi connectivity index (χ3n) is 5.17. The molecule has 9 nitrogen and oxygen atoms in total. The summed E-state index contributed by atoms with van der Waals surface area (Å²) in [5, 5.41) is 0. The van der Waals surface area contributed by atoms with E-state index in [1.807, 2.05) is 32.0 Å². The van der Waals surface area contributed by atoms with Crippen LogP contribution in [0.3, 0.4) is 0 Å². The Morgan fingerprint density at radius 2 is 1.91 bits per heavy atom. The Labute approximate surface area is 188 Å². The fraction of sp³-hybridized carbons (Fsp3) is 0.500. The van der Waals surface area contributed by atoms with Gasteiger partial charge < -0.3 is 19.1 Å². The van der Waals surface area contributed by atoms with E-state index in [0.717, 1.165) is 5.56 Å². The highest BCUT2D eigenvalue weighted by molar-refractivity contribution is 7.89. The summed E-state index contributed by atoms with van der Waals surface area (Å²) in [5.74, 6) is 2.10. The van der Waals surface area contributed by atoms with Crippen molar-refractivity contribution in [2.45, 2.75) is 25.1 Å². The van der Waals surface area contributed by atoms with Crippen LogP contribution in [-0.2, 0) is 25.1 Å². The van der Waals surface area contributed by atoms with Gasteiger partial charge in [0.25, 0.3) is 0 Å². The van der Waals surface area contributed by atoms with E-state index in [-0.39, 0.29) is 11.3 Å². The monoisotopic (exact) mass is 460 g/mol. The van der Waals surface area contributed by atoms with Crippen molar-refractivity contribution in [3.05, 3.63) is 35.5 Å². The molecule has 3 heterocycles. The molecule has 0 N–H and O–H groups in total. The zero-order valence-electron chi connectivity index (χ0n) is 18.8. The predicted molar refractivity (Wildman–Crippen MR) is 122 cm³/mol. The maximum Gasteiger partial charge on any atom is 0.220 e. The molecule has 0 unspecified atom stereocenters. The van der Waals surface area contributed by atoms with Crippen LogP contribution >= 0.6 is 0 Å². The second kappa shape index (κ2) is 8.67. The average molecular weight is 461 g/mol. The van der Waals surface area contributed by atoms with Crippen molar-refractivity contribution in [3.63, 3.8) is 0 Å². The molecule has 1 fully saturated rings. The molecule has 2 aliphatic rings. The van der Waals surface area contributed by atoms with Gasteiger partial charge in [-0.2, -0.15) is 0 Å². The van der Waals surface area contributed by atoms with Crippen LogP contribution in [0.15, 0.2) is 29.3 Å². The smallest absolute Gasteiger partial charge is 0.220 e. The average Bonchev–Trinajstić information content (AvgIpc) is 3.12. The molecule has 10 heteroatoms. The van der Waals surface area contributed by atoms with Crippen LogP contribution in [0.5, 0.6) is 5.75 Å². The minimum absolute atomic E-state index is 0.160. The van der Waals surface area contributed by atoms with E-state index < -0.39 is 9.84 Å². The molecule has 1 aromatic carbocycles. The first-order valence-corrected chi connectivity index (χ1v) is 12.5. The highest BCUT2D eigenvalue weighted by Crippen LogP contribution is 2.31. The normalized spacial score (nSPS) is 18.2. The van der Waals surface area contributed by atoms with Crippen LogP contribution in [0, 0.1) is 0 Å². The number of aliphatic imine (C=N–C) groups is 1. The molecule has 0 spiro atoms. The molecule has 0 amide bonds. The fourth-order valence-corrected chi connectivity index (χ4v) is 4.33. The Balaban J connectivity index is 1.79. The number of aromatic nitrogens is 2.